The maximum atomic E-state index is 13.2. The van der Waals surface area contributed by atoms with E-state index in [1.165, 1.54) is 12.3 Å². The van der Waals surface area contributed by atoms with Crippen LogP contribution in [0.4, 0.5) is 15.8 Å². The summed E-state index contributed by atoms with van der Waals surface area (Å²) in [6.45, 7) is 0. The van der Waals surface area contributed by atoms with Crippen LogP contribution in [0.5, 0.6) is 0 Å². The van der Waals surface area contributed by atoms with Crippen molar-refractivity contribution in [1.29, 1.82) is 0 Å². The minimum Gasteiger partial charge on any atom is -0.396 e. The molecule has 1 aromatic heterocycles. The second kappa shape index (κ2) is 5.44. The molecule has 110 valence electrons. The zero-order valence-corrected chi connectivity index (χ0v) is 11.4. The fraction of sp³-hybridized carbons (Fsp3) is 0.0833. The Kier molecular flexibility index (Phi) is 3.85. The predicted molar refractivity (Wildman–Crippen MR) is 72.6 cm³/mol. The first-order chi connectivity index (χ1) is 9.81. The summed E-state index contributed by atoms with van der Waals surface area (Å²) in [4.78, 5) is 13.6. The van der Waals surface area contributed by atoms with E-state index in [0.29, 0.717) is 0 Å². The van der Waals surface area contributed by atoms with Gasteiger partial charge in [0.15, 0.2) is 9.84 Å². The number of nitro groups is 1. The van der Waals surface area contributed by atoms with Gasteiger partial charge in [-0.2, -0.15) is 0 Å². The maximum absolute atomic E-state index is 13.2. The molecular weight excluding hydrogens is 301 g/mol. The van der Waals surface area contributed by atoms with Gasteiger partial charge in [0.25, 0.3) is 5.69 Å². The van der Waals surface area contributed by atoms with Crippen LogP contribution >= 0.6 is 0 Å². The van der Waals surface area contributed by atoms with Crippen molar-refractivity contribution in [3.05, 3.63) is 58.2 Å². The third-order valence-electron chi connectivity index (χ3n) is 2.73. The van der Waals surface area contributed by atoms with Crippen LogP contribution in [0.25, 0.3) is 0 Å². The number of hydrogen-bond acceptors (Lipinski definition) is 6. The average molecular weight is 311 g/mol. The van der Waals surface area contributed by atoms with E-state index in [2.05, 4.69) is 4.98 Å². The zero-order valence-electron chi connectivity index (χ0n) is 10.6. The van der Waals surface area contributed by atoms with Gasteiger partial charge in [-0.15, -0.1) is 0 Å². The number of rotatable bonds is 4. The lowest BCUT2D eigenvalue weighted by molar-refractivity contribution is -0.385. The van der Waals surface area contributed by atoms with E-state index in [4.69, 9.17) is 5.73 Å². The number of halogens is 1. The highest BCUT2D eigenvalue weighted by Crippen LogP contribution is 2.26. The van der Waals surface area contributed by atoms with Gasteiger partial charge in [-0.25, -0.2) is 12.8 Å². The lowest BCUT2D eigenvalue weighted by Gasteiger charge is -2.07. The van der Waals surface area contributed by atoms with Crippen molar-refractivity contribution in [2.24, 2.45) is 0 Å². The first kappa shape index (κ1) is 14.9. The number of nitro benzene ring substituents is 1. The Bertz CT molecular complexity index is 808. The maximum Gasteiger partial charge on any atom is 0.273 e. The van der Waals surface area contributed by atoms with Crippen molar-refractivity contribution in [3.63, 3.8) is 0 Å². The van der Waals surface area contributed by atoms with Gasteiger partial charge >= 0.3 is 0 Å². The fourth-order valence-electron chi connectivity index (χ4n) is 1.81. The highest BCUT2D eigenvalue weighted by atomic mass is 32.2. The number of anilines is 1. The molecule has 0 amide bonds. The summed E-state index contributed by atoms with van der Waals surface area (Å²) in [5, 5.41) is 10.9. The van der Waals surface area contributed by atoms with Crippen molar-refractivity contribution < 1.29 is 17.7 Å². The molecule has 7 nitrogen and oxygen atoms in total. The summed E-state index contributed by atoms with van der Waals surface area (Å²) in [6, 6.07) is 3.84. The monoisotopic (exact) mass is 311 g/mol. The molecule has 0 aliphatic heterocycles. The third-order valence-corrected chi connectivity index (χ3v) is 4.46. The van der Waals surface area contributed by atoms with Crippen LogP contribution in [0.2, 0.25) is 0 Å². The summed E-state index contributed by atoms with van der Waals surface area (Å²) in [5.41, 5.74) is 4.76. The van der Waals surface area contributed by atoms with Crippen LogP contribution in [-0.2, 0) is 15.6 Å². The second-order valence-electron chi connectivity index (χ2n) is 4.20. The van der Waals surface area contributed by atoms with Crippen molar-refractivity contribution in [2.45, 2.75) is 10.6 Å². The number of pyridine rings is 1. The Balaban J connectivity index is 2.49. The van der Waals surface area contributed by atoms with Crippen molar-refractivity contribution in [3.8, 4) is 0 Å². The Hall–Kier alpha value is -2.55. The molecule has 0 bridgehead atoms. The van der Waals surface area contributed by atoms with Gasteiger partial charge in [-0.05, 0) is 18.2 Å². The standard InChI is InChI=1S/C12H10FN3O4S/c13-9-1-2-11(16(17)18)8(5-9)7-21(19,20)12-3-4-15-6-10(12)14/h1-6H,7,14H2. The highest BCUT2D eigenvalue weighted by molar-refractivity contribution is 7.90. The molecule has 0 fully saturated rings. The molecule has 9 heteroatoms. The molecule has 0 radical (unpaired) electrons. The van der Waals surface area contributed by atoms with Gasteiger partial charge in [0.05, 0.1) is 27.5 Å². The normalized spacial score (nSPS) is 11.3. The van der Waals surface area contributed by atoms with Gasteiger partial charge in [0, 0.05) is 17.8 Å². The van der Waals surface area contributed by atoms with E-state index < -0.39 is 32.0 Å². The molecule has 0 unspecified atom stereocenters. The number of benzene rings is 1. The van der Waals surface area contributed by atoms with E-state index in [0.717, 1.165) is 24.4 Å². The summed E-state index contributed by atoms with van der Waals surface area (Å²) < 4.78 is 37.7. The lowest BCUT2D eigenvalue weighted by Crippen LogP contribution is -2.10. The summed E-state index contributed by atoms with van der Waals surface area (Å²) in [6.07, 6.45) is 2.40. The van der Waals surface area contributed by atoms with Crippen LogP contribution in [-0.4, -0.2) is 18.3 Å². The summed E-state index contributed by atoms with van der Waals surface area (Å²) in [5.74, 6) is -1.48. The van der Waals surface area contributed by atoms with E-state index in [1.54, 1.807) is 0 Å². The average Bonchev–Trinajstić information content (AvgIpc) is 2.38. The number of nitrogen functional groups attached to an aromatic ring is 1. The Morgan fingerprint density at radius 3 is 2.67 bits per heavy atom. The zero-order chi connectivity index (χ0) is 15.6. The molecule has 1 heterocycles. The molecule has 0 aliphatic carbocycles. The van der Waals surface area contributed by atoms with E-state index in [1.807, 2.05) is 0 Å². The van der Waals surface area contributed by atoms with E-state index in [-0.39, 0.29) is 16.1 Å². The van der Waals surface area contributed by atoms with Crippen LogP contribution < -0.4 is 5.73 Å². The Morgan fingerprint density at radius 1 is 1.33 bits per heavy atom. The van der Waals surface area contributed by atoms with E-state index in [9.17, 15) is 22.9 Å². The van der Waals surface area contributed by atoms with Gasteiger partial charge in [0.2, 0.25) is 0 Å². The van der Waals surface area contributed by atoms with Gasteiger partial charge in [-0.3, -0.25) is 15.1 Å². The van der Waals surface area contributed by atoms with Crippen LogP contribution in [0.3, 0.4) is 0 Å². The smallest absolute Gasteiger partial charge is 0.273 e. The molecule has 0 aliphatic rings. The van der Waals surface area contributed by atoms with Gasteiger partial charge in [0.1, 0.15) is 5.82 Å². The number of aromatic nitrogens is 1. The quantitative estimate of drug-likeness (QED) is 0.678. The highest BCUT2D eigenvalue weighted by Gasteiger charge is 2.24. The van der Waals surface area contributed by atoms with Gasteiger partial charge < -0.3 is 5.73 Å². The minimum atomic E-state index is -3.95. The summed E-state index contributed by atoms with van der Waals surface area (Å²) in [7, 11) is -3.95. The third kappa shape index (κ3) is 3.14. The molecule has 1 aromatic carbocycles. The fourth-order valence-corrected chi connectivity index (χ4v) is 3.28. The first-order valence-electron chi connectivity index (χ1n) is 5.66. The Morgan fingerprint density at radius 2 is 2.05 bits per heavy atom. The van der Waals surface area contributed by atoms with E-state index >= 15 is 0 Å². The van der Waals surface area contributed by atoms with Crippen LogP contribution in [0, 0.1) is 15.9 Å². The molecule has 2 aromatic rings. The Labute approximate surface area is 119 Å². The van der Waals surface area contributed by atoms with Gasteiger partial charge in [-0.1, -0.05) is 0 Å². The SMILES string of the molecule is Nc1cnccc1S(=O)(=O)Cc1cc(F)ccc1[N+](=O)[O-]. The van der Waals surface area contributed by atoms with Crippen molar-refractivity contribution in [2.75, 3.05) is 5.73 Å². The largest absolute Gasteiger partial charge is 0.396 e. The molecule has 2 N–H and O–H groups in total. The predicted octanol–water partition coefficient (Wildman–Crippen LogP) is 1.69. The lowest BCUT2D eigenvalue weighted by atomic mass is 10.2. The number of sulfone groups is 1. The summed E-state index contributed by atoms with van der Waals surface area (Å²) >= 11 is 0. The molecule has 21 heavy (non-hydrogen) atoms. The second-order valence-corrected chi connectivity index (χ2v) is 6.16. The van der Waals surface area contributed by atoms with Crippen molar-refractivity contribution in [1.82, 2.24) is 4.98 Å². The van der Waals surface area contributed by atoms with Crippen molar-refractivity contribution >= 4 is 21.2 Å². The molecule has 0 spiro atoms. The number of nitrogens with two attached hydrogens (primary N) is 1. The van der Waals surface area contributed by atoms with Crippen LogP contribution in [0.1, 0.15) is 5.56 Å². The molecular formula is C12H10FN3O4S. The molecule has 0 atom stereocenters. The molecule has 0 saturated heterocycles. The van der Waals surface area contributed by atoms with Crippen LogP contribution in [0.15, 0.2) is 41.6 Å². The first-order valence-corrected chi connectivity index (χ1v) is 7.31. The number of nitrogens with zero attached hydrogens (tertiary/aromatic N) is 2. The number of hydrogen-bond donors (Lipinski definition) is 1. The topological polar surface area (TPSA) is 116 Å². The molecule has 0 saturated carbocycles. The minimum absolute atomic E-state index is 0.0726. The molecule has 2 rings (SSSR count).